The number of likely N-dealkylation sites (tertiary alicyclic amines) is 1. The summed E-state index contributed by atoms with van der Waals surface area (Å²) >= 11 is 6.22. The Morgan fingerprint density at radius 2 is 2.00 bits per heavy atom. The maximum atomic E-state index is 11.8. The van der Waals surface area contributed by atoms with Crippen molar-refractivity contribution in [2.24, 2.45) is 11.7 Å². The Kier molecular flexibility index (Phi) is 12.5. The molecule has 1 fully saturated rings. The molecular formula is C17H28Cl3N3O2. The van der Waals surface area contributed by atoms with Gasteiger partial charge in [0.15, 0.2) is 0 Å². The Bertz CT molecular complexity index is 512. The normalized spacial score (nSPS) is 16.4. The van der Waals surface area contributed by atoms with E-state index in [1.54, 1.807) is 7.11 Å². The van der Waals surface area contributed by atoms with Gasteiger partial charge in [-0.15, -0.1) is 24.8 Å². The van der Waals surface area contributed by atoms with Crippen molar-refractivity contribution in [3.8, 4) is 0 Å². The van der Waals surface area contributed by atoms with Crippen LogP contribution >= 0.6 is 36.4 Å². The number of nitrogens with one attached hydrogen (secondary N) is 1. The number of ether oxygens (including phenoxy) is 1. The fourth-order valence-corrected chi connectivity index (χ4v) is 3.04. The fourth-order valence-electron chi connectivity index (χ4n) is 2.85. The van der Waals surface area contributed by atoms with Gasteiger partial charge in [-0.25, -0.2) is 0 Å². The van der Waals surface area contributed by atoms with E-state index in [1.165, 1.54) is 5.56 Å². The Morgan fingerprint density at radius 3 is 2.60 bits per heavy atom. The molecule has 0 radical (unpaired) electrons. The number of methoxy groups -OCH3 is 1. The first kappa shape index (κ1) is 24.4. The minimum atomic E-state index is -0.583. The second-order valence-electron chi connectivity index (χ2n) is 6.12. The van der Waals surface area contributed by atoms with E-state index in [-0.39, 0.29) is 37.3 Å². The third-order valence-electron chi connectivity index (χ3n) is 4.31. The molecular weight excluding hydrogens is 385 g/mol. The number of hydrogen-bond donors (Lipinski definition) is 2. The van der Waals surface area contributed by atoms with Gasteiger partial charge in [-0.1, -0.05) is 29.8 Å². The zero-order valence-corrected chi connectivity index (χ0v) is 16.8. The summed E-state index contributed by atoms with van der Waals surface area (Å²) < 4.78 is 4.89. The van der Waals surface area contributed by atoms with Crippen molar-refractivity contribution in [2.45, 2.75) is 25.4 Å². The van der Waals surface area contributed by atoms with Gasteiger partial charge < -0.3 is 15.8 Å². The highest BCUT2D eigenvalue weighted by atomic mass is 35.5. The van der Waals surface area contributed by atoms with Gasteiger partial charge in [0.05, 0.1) is 6.61 Å². The molecule has 0 aliphatic carbocycles. The van der Waals surface area contributed by atoms with Gasteiger partial charge in [-0.3, -0.25) is 9.69 Å². The number of benzene rings is 1. The van der Waals surface area contributed by atoms with E-state index in [0.29, 0.717) is 12.5 Å². The van der Waals surface area contributed by atoms with Gasteiger partial charge in [0.2, 0.25) is 5.91 Å². The third-order valence-corrected chi connectivity index (χ3v) is 4.68. The monoisotopic (exact) mass is 411 g/mol. The van der Waals surface area contributed by atoms with Crippen LogP contribution in [-0.4, -0.2) is 50.2 Å². The van der Waals surface area contributed by atoms with Crippen molar-refractivity contribution in [1.29, 1.82) is 0 Å². The minimum Gasteiger partial charge on any atom is -0.383 e. The van der Waals surface area contributed by atoms with E-state index in [1.807, 2.05) is 18.2 Å². The summed E-state index contributed by atoms with van der Waals surface area (Å²) in [4.78, 5) is 14.2. The first-order valence-corrected chi connectivity index (χ1v) is 8.46. The van der Waals surface area contributed by atoms with Crippen LogP contribution in [0.1, 0.15) is 18.4 Å². The molecule has 0 bridgehead atoms. The van der Waals surface area contributed by atoms with Crippen molar-refractivity contribution in [3.05, 3.63) is 34.9 Å². The smallest absolute Gasteiger partial charge is 0.239 e. The molecule has 1 amide bonds. The second kappa shape index (κ2) is 12.7. The van der Waals surface area contributed by atoms with Crippen molar-refractivity contribution in [1.82, 2.24) is 10.2 Å². The maximum Gasteiger partial charge on any atom is 0.239 e. The van der Waals surface area contributed by atoms with Crippen LogP contribution in [-0.2, 0) is 16.1 Å². The molecule has 1 unspecified atom stereocenters. The molecule has 0 aromatic heterocycles. The molecule has 3 N–H and O–H groups in total. The lowest BCUT2D eigenvalue weighted by molar-refractivity contribution is -0.123. The van der Waals surface area contributed by atoms with Gasteiger partial charge in [0, 0.05) is 25.2 Å². The number of carbonyl (C=O) groups is 1. The number of carbonyl (C=O) groups excluding carboxylic acids is 1. The summed E-state index contributed by atoms with van der Waals surface area (Å²) in [6.45, 7) is 3.88. The van der Waals surface area contributed by atoms with Gasteiger partial charge in [0.1, 0.15) is 6.04 Å². The molecule has 1 aromatic carbocycles. The van der Waals surface area contributed by atoms with E-state index in [2.05, 4.69) is 16.3 Å². The highest BCUT2D eigenvalue weighted by Gasteiger charge is 2.21. The number of amides is 1. The molecule has 1 atom stereocenters. The van der Waals surface area contributed by atoms with E-state index in [9.17, 15) is 4.79 Å². The maximum absolute atomic E-state index is 11.8. The van der Waals surface area contributed by atoms with E-state index < -0.39 is 6.04 Å². The third kappa shape index (κ3) is 8.11. The Balaban J connectivity index is 0.00000288. The molecule has 8 heteroatoms. The van der Waals surface area contributed by atoms with Crippen molar-refractivity contribution >= 4 is 42.3 Å². The lowest BCUT2D eigenvalue weighted by atomic mass is 9.96. The molecule has 1 saturated heterocycles. The summed E-state index contributed by atoms with van der Waals surface area (Å²) in [6.07, 6.45) is 2.15. The number of nitrogens with zero attached hydrogens (tertiary/aromatic N) is 1. The van der Waals surface area contributed by atoms with Crippen LogP contribution in [0.3, 0.4) is 0 Å². The zero-order chi connectivity index (χ0) is 16.7. The van der Waals surface area contributed by atoms with Crippen LogP contribution in [0.2, 0.25) is 5.02 Å². The van der Waals surface area contributed by atoms with Crippen LogP contribution in [0, 0.1) is 5.92 Å². The van der Waals surface area contributed by atoms with E-state index in [0.717, 1.165) is 37.5 Å². The number of hydrogen-bond acceptors (Lipinski definition) is 4. The molecule has 1 aliphatic rings. The van der Waals surface area contributed by atoms with Crippen molar-refractivity contribution in [2.75, 3.05) is 33.4 Å². The number of piperidine rings is 1. The van der Waals surface area contributed by atoms with Gasteiger partial charge >= 0.3 is 0 Å². The average molecular weight is 413 g/mol. The zero-order valence-electron chi connectivity index (χ0n) is 14.4. The molecule has 0 spiro atoms. The quantitative estimate of drug-likeness (QED) is 0.722. The topological polar surface area (TPSA) is 67.6 Å². The standard InChI is InChI=1S/C17H26ClN3O2.2ClH/c1-23-12-16(19)17(22)20-10-13-6-8-21(9-7-13)11-14-4-2-3-5-15(14)18;;/h2-5,13,16H,6-12,19H2,1H3,(H,20,22);2*1H. The summed E-state index contributed by atoms with van der Waals surface area (Å²) in [5, 5.41) is 3.75. The first-order valence-electron chi connectivity index (χ1n) is 8.08. The van der Waals surface area contributed by atoms with E-state index in [4.69, 9.17) is 22.1 Å². The molecule has 1 aliphatic heterocycles. The summed E-state index contributed by atoms with van der Waals surface area (Å²) in [5.74, 6) is 0.376. The Hall–Kier alpha value is -0.560. The van der Waals surface area contributed by atoms with Gasteiger partial charge in [0.25, 0.3) is 0 Å². The average Bonchev–Trinajstić information content (AvgIpc) is 2.56. The molecule has 0 saturated carbocycles. The predicted molar refractivity (Wildman–Crippen MR) is 107 cm³/mol. The van der Waals surface area contributed by atoms with Crippen LogP contribution in [0.25, 0.3) is 0 Å². The lowest BCUT2D eigenvalue weighted by Crippen LogP contribution is -2.46. The van der Waals surface area contributed by atoms with Crippen LogP contribution in [0.5, 0.6) is 0 Å². The number of rotatable bonds is 7. The van der Waals surface area contributed by atoms with E-state index >= 15 is 0 Å². The number of nitrogens with two attached hydrogens (primary N) is 1. The van der Waals surface area contributed by atoms with Crippen molar-refractivity contribution in [3.63, 3.8) is 0 Å². The molecule has 2 rings (SSSR count). The first-order chi connectivity index (χ1) is 11.1. The van der Waals surface area contributed by atoms with Crippen LogP contribution in [0.15, 0.2) is 24.3 Å². The Labute approximate surface area is 167 Å². The minimum absolute atomic E-state index is 0. The molecule has 5 nitrogen and oxygen atoms in total. The lowest BCUT2D eigenvalue weighted by Gasteiger charge is -2.32. The Morgan fingerprint density at radius 1 is 1.36 bits per heavy atom. The van der Waals surface area contributed by atoms with Gasteiger partial charge in [-0.05, 0) is 43.5 Å². The summed E-state index contributed by atoms with van der Waals surface area (Å²) in [7, 11) is 1.54. The SMILES string of the molecule is COCC(N)C(=O)NCC1CCN(Cc2ccccc2Cl)CC1.Cl.Cl. The largest absolute Gasteiger partial charge is 0.383 e. The van der Waals surface area contributed by atoms with Crippen LogP contribution in [0.4, 0.5) is 0 Å². The predicted octanol–water partition coefficient (Wildman–Crippen LogP) is 2.49. The summed E-state index contributed by atoms with van der Waals surface area (Å²) in [6, 6.07) is 7.40. The van der Waals surface area contributed by atoms with Crippen LogP contribution < -0.4 is 11.1 Å². The molecule has 1 aromatic rings. The highest BCUT2D eigenvalue weighted by Crippen LogP contribution is 2.21. The molecule has 144 valence electrons. The molecule has 1 heterocycles. The van der Waals surface area contributed by atoms with Gasteiger partial charge in [-0.2, -0.15) is 0 Å². The molecule has 25 heavy (non-hydrogen) atoms. The number of halogens is 3. The summed E-state index contributed by atoms with van der Waals surface area (Å²) in [5.41, 5.74) is 6.88. The highest BCUT2D eigenvalue weighted by molar-refractivity contribution is 6.31. The van der Waals surface area contributed by atoms with Crippen molar-refractivity contribution < 1.29 is 9.53 Å². The fraction of sp³-hybridized carbons (Fsp3) is 0.588. The second-order valence-corrected chi connectivity index (χ2v) is 6.53.